The van der Waals surface area contributed by atoms with Crippen molar-refractivity contribution in [1.82, 2.24) is 19.8 Å². The van der Waals surface area contributed by atoms with Gasteiger partial charge in [0.05, 0.1) is 18.8 Å². The van der Waals surface area contributed by atoms with Crippen molar-refractivity contribution in [3.63, 3.8) is 0 Å². The molecule has 8 heteroatoms. The van der Waals surface area contributed by atoms with Gasteiger partial charge in [-0.1, -0.05) is 24.3 Å². The summed E-state index contributed by atoms with van der Waals surface area (Å²) in [7, 11) is 0. The molecule has 2 N–H and O–H groups in total. The highest BCUT2D eigenvalue weighted by atomic mass is 32.1. The zero-order valence-electron chi connectivity index (χ0n) is 17.3. The van der Waals surface area contributed by atoms with Crippen molar-refractivity contribution in [2.45, 2.75) is 33.4 Å². The first-order chi connectivity index (χ1) is 14.5. The van der Waals surface area contributed by atoms with Gasteiger partial charge in [-0.15, -0.1) is 0 Å². The first-order valence-electron chi connectivity index (χ1n) is 10.3. The van der Waals surface area contributed by atoms with E-state index in [4.69, 9.17) is 12.2 Å². The summed E-state index contributed by atoms with van der Waals surface area (Å²) in [5, 5.41) is 11.6. The van der Waals surface area contributed by atoms with E-state index in [0.717, 1.165) is 37.3 Å². The third kappa shape index (κ3) is 4.49. The molecule has 3 aromatic rings. The van der Waals surface area contributed by atoms with Crippen molar-refractivity contribution in [3.8, 4) is 5.69 Å². The van der Waals surface area contributed by atoms with Crippen LogP contribution in [0.1, 0.15) is 24.0 Å². The average molecular weight is 424 g/mol. The summed E-state index contributed by atoms with van der Waals surface area (Å²) in [6.07, 6.45) is 1.71. The van der Waals surface area contributed by atoms with Crippen LogP contribution in [0.15, 0.2) is 48.5 Å². The van der Waals surface area contributed by atoms with Crippen LogP contribution >= 0.6 is 12.2 Å². The van der Waals surface area contributed by atoms with Crippen molar-refractivity contribution in [3.05, 3.63) is 64.4 Å². The molecule has 4 rings (SSSR count). The molecule has 2 heterocycles. The number of hydrogen-bond donors (Lipinski definition) is 2. The van der Waals surface area contributed by atoms with Crippen molar-refractivity contribution in [2.75, 3.05) is 18.4 Å². The summed E-state index contributed by atoms with van der Waals surface area (Å²) in [6, 6.07) is 15.8. The van der Waals surface area contributed by atoms with Crippen LogP contribution in [-0.4, -0.2) is 38.8 Å². The summed E-state index contributed by atoms with van der Waals surface area (Å²) < 4.78 is 4.08. The van der Waals surface area contributed by atoms with Gasteiger partial charge in [0.1, 0.15) is 0 Å². The van der Waals surface area contributed by atoms with Crippen LogP contribution < -0.4 is 10.2 Å². The van der Waals surface area contributed by atoms with Crippen LogP contribution in [0, 0.1) is 24.5 Å². The minimum absolute atomic E-state index is 0.0492. The summed E-state index contributed by atoms with van der Waals surface area (Å²) in [5.41, 5.74) is 4.22. The van der Waals surface area contributed by atoms with Gasteiger partial charge in [-0.3, -0.25) is 4.79 Å². The van der Waals surface area contributed by atoms with Crippen molar-refractivity contribution in [2.24, 2.45) is 5.92 Å². The van der Waals surface area contributed by atoms with E-state index in [2.05, 4.69) is 41.7 Å². The molecule has 2 aromatic carbocycles. The van der Waals surface area contributed by atoms with E-state index in [1.54, 1.807) is 9.36 Å². The lowest BCUT2D eigenvalue weighted by atomic mass is 9.96. The van der Waals surface area contributed by atoms with Crippen LogP contribution in [0.4, 0.5) is 5.69 Å². The van der Waals surface area contributed by atoms with E-state index in [0.29, 0.717) is 11.4 Å². The fraction of sp³-hybridized carbons (Fsp3) is 0.364. The number of carbonyl (C=O) groups is 1. The first kappa shape index (κ1) is 20.4. The number of likely N-dealkylation sites (tertiary alicyclic amines) is 1. The molecule has 1 amide bonds. The molecule has 0 spiro atoms. The molecular formula is C22H27N6OS+. The normalized spacial score (nSPS) is 18.9. The Labute approximate surface area is 181 Å². The number of tetrazole rings is 1. The Bertz CT molecular complexity index is 1080. The third-order valence-corrected chi connectivity index (χ3v) is 6.24. The zero-order valence-corrected chi connectivity index (χ0v) is 18.2. The Morgan fingerprint density at radius 1 is 1.10 bits per heavy atom. The molecule has 0 unspecified atom stereocenters. The molecule has 0 bridgehead atoms. The Kier molecular flexibility index (Phi) is 6.06. The molecule has 156 valence electrons. The van der Waals surface area contributed by atoms with Gasteiger partial charge in [-0.25, -0.2) is 0 Å². The predicted octanol–water partition coefficient (Wildman–Crippen LogP) is 2.31. The fourth-order valence-corrected chi connectivity index (χ4v) is 4.06. The number of amides is 1. The molecular weight excluding hydrogens is 396 g/mol. The van der Waals surface area contributed by atoms with Crippen LogP contribution in [-0.2, 0) is 11.5 Å². The number of rotatable bonds is 5. The van der Waals surface area contributed by atoms with Crippen molar-refractivity contribution < 1.29 is 9.69 Å². The van der Waals surface area contributed by atoms with Crippen LogP contribution in [0.25, 0.3) is 5.69 Å². The molecule has 1 saturated heterocycles. The predicted molar refractivity (Wildman–Crippen MR) is 118 cm³/mol. The maximum atomic E-state index is 12.5. The number of benzene rings is 2. The summed E-state index contributed by atoms with van der Waals surface area (Å²) in [5.74, 6) is 0.158. The van der Waals surface area contributed by atoms with Gasteiger partial charge in [0.15, 0.2) is 6.67 Å². The van der Waals surface area contributed by atoms with Gasteiger partial charge in [-0.05, 0) is 71.9 Å². The number of anilines is 1. The van der Waals surface area contributed by atoms with Crippen molar-refractivity contribution >= 4 is 23.8 Å². The van der Waals surface area contributed by atoms with Gasteiger partial charge < -0.3 is 10.2 Å². The summed E-state index contributed by atoms with van der Waals surface area (Å²) >= 11 is 5.61. The number of nitrogens with one attached hydrogen (secondary N) is 2. The highest BCUT2D eigenvalue weighted by Gasteiger charge is 2.28. The largest absolute Gasteiger partial charge is 0.326 e. The second-order valence-electron chi connectivity index (χ2n) is 7.98. The minimum Gasteiger partial charge on any atom is -0.326 e. The van der Waals surface area contributed by atoms with E-state index >= 15 is 0 Å². The number of carbonyl (C=O) groups excluding carboxylic acids is 1. The fourth-order valence-electron chi connectivity index (χ4n) is 3.82. The van der Waals surface area contributed by atoms with E-state index in [-0.39, 0.29) is 11.8 Å². The number of aryl methyl sites for hydroxylation is 2. The molecule has 1 aliphatic heterocycles. The molecule has 0 radical (unpaired) electrons. The van der Waals surface area contributed by atoms with Crippen LogP contribution in [0.5, 0.6) is 0 Å². The molecule has 7 nitrogen and oxygen atoms in total. The average Bonchev–Trinajstić information content (AvgIpc) is 3.11. The Morgan fingerprint density at radius 3 is 2.53 bits per heavy atom. The van der Waals surface area contributed by atoms with Gasteiger partial charge in [0.2, 0.25) is 10.7 Å². The quantitative estimate of drug-likeness (QED) is 0.618. The topological polar surface area (TPSA) is 69.2 Å². The number of hydrogen-bond acceptors (Lipinski definition) is 4. The second kappa shape index (κ2) is 8.89. The number of aromatic nitrogens is 4. The minimum atomic E-state index is 0.0492. The number of para-hydroxylation sites is 1. The smallest absolute Gasteiger partial charge is 0.227 e. The Balaban J connectivity index is 1.35. The highest BCUT2D eigenvalue weighted by Crippen LogP contribution is 2.15. The summed E-state index contributed by atoms with van der Waals surface area (Å²) in [6.45, 7) is 6.64. The van der Waals surface area contributed by atoms with Crippen LogP contribution in [0.3, 0.4) is 0 Å². The lowest BCUT2D eigenvalue weighted by Gasteiger charge is -2.28. The van der Waals surface area contributed by atoms with E-state index < -0.39 is 0 Å². The maximum absolute atomic E-state index is 12.5. The molecule has 30 heavy (non-hydrogen) atoms. The second-order valence-corrected chi connectivity index (χ2v) is 8.34. The van der Waals surface area contributed by atoms with E-state index in [1.165, 1.54) is 16.0 Å². The summed E-state index contributed by atoms with van der Waals surface area (Å²) in [4.78, 5) is 13.9. The zero-order chi connectivity index (χ0) is 21.1. The van der Waals surface area contributed by atoms with E-state index in [1.807, 2.05) is 36.4 Å². The molecule has 0 aliphatic carbocycles. The molecule has 0 saturated carbocycles. The molecule has 1 fully saturated rings. The number of piperidine rings is 1. The first-order valence-corrected chi connectivity index (χ1v) is 10.7. The Hall–Kier alpha value is -2.84. The van der Waals surface area contributed by atoms with Gasteiger partial charge in [-0.2, -0.15) is 9.36 Å². The molecule has 1 aromatic heterocycles. The molecule has 0 atom stereocenters. The molecule has 1 aliphatic rings. The van der Waals surface area contributed by atoms with Crippen LogP contribution in [0.2, 0.25) is 0 Å². The Morgan fingerprint density at radius 2 is 1.83 bits per heavy atom. The SMILES string of the molecule is Cc1ccc(-n2nnn(C[NH+]3CCC(C(=O)Nc4ccccc4)CC3)c2=S)cc1C. The van der Waals surface area contributed by atoms with E-state index in [9.17, 15) is 4.79 Å². The number of quaternary nitrogens is 1. The maximum Gasteiger partial charge on any atom is 0.227 e. The monoisotopic (exact) mass is 423 g/mol. The van der Waals surface area contributed by atoms with Gasteiger partial charge in [0, 0.05) is 24.4 Å². The standard InChI is InChI=1S/C22H26N6OS/c1-16-8-9-20(14-17(16)2)28-22(30)27(24-25-28)15-26-12-10-18(11-13-26)21(29)23-19-6-4-3-5-7-19/h3-9,14,18H,10-13,15H2,1-2H3,(H,23,29)/p+1. The third-order valence-electron chi connectivity index (χ3n) is 5.85. The van der Waals surface area contributed by atoms with Crippen molar-refractivity contribution in [1.29, 1.82) is 0 Å². The number of nitrogens with zero attached hydrogens (tertiary/aromatic N) is 4. The van der Waals surface area contributed by atoms with Gasteiger partial charge in [0.25, 0.3) is 0 Å². The lowest BCUT2D eigenvalue weighted by Crippen LogP contribution is -3.12. The highest BCUT2D eigenvalue weighted by molar-refractivity contribution is 7.71. The van der Waals surface area contributed by atoms with Gasteiger partial charge >= 0.3 is 0 Å². The lowest BCUT2D eigenvalue weighted by molar-refractivity contribution is -0.929.